The second-order valence-electron chi connectivity index (χ2n) is 7.36. The number of amides is 2. The highest BCUT2D eigenvalue weighted by atomic mass is 19.1. The lowest BCUT2D eigenvalue weighted by molar-refractivity contribution is 0.0708. The number of para-hydroxylation sites is 1. The Morgan fingerprint density at radius 1 is 1.17 bits per heavy atom. The molecule has 2 aromatic heterocycles. The van der Waals surface area contributed by atoms with Gasteiger partial charge in [-0.1, -0.05) is 29.5 Å². The molecule has 0 radical (unpaired) electrons. The molecule has 29 heavy (non-hydrogen) atoms. The third-order valence-corrected chi connectivity index (χ3v) is 5.00. The summed E-state index contributed by atoms with van der Waals surface area (Å²) in [6.45, 7) is 0.267. The summed E-state index contributed by atoms with van der Waals surface area (Å²) in [5.74, 6) is -0.579. The summed E-state index contributed by atoms with van der Waals surface area (Å²) in [5.41, 5.74) is 1.21. The molecule has 1 fully saturated rings. The SMILES string of the molecule is CN(C)C(=O)c1cn(C[C@@H]2C[C@H](F)CN2C(=O)c2ccc3ccccc3n2)nn1. The molecule has 2 atom stereocenters. The van der Waals surface area contributed by atoms with Gasteiger partial charge in [0.25, 0.3) is 11.8 Å². The van der Waals surface area contributed by atoms with Gasteiger partial charge in [-0.2, -0.15) is 0 Å². The lowest BCUT2D eigenvalue weighted by Crippen LogP contribution is -2.38. The maximum atomic E-state index is 14.2. The summed E-state index contributed by atoms with van der Waals surface area (Å²) in [6.07, 6.45) is 0.608. The van der Waals surface area contributed by atoms with E-state index >= 15 is 0 Å². The third kappa shape index (κ3) is 3.80. The van der Waals surface area contributed by atoms with E-state index in [1.807, 2.05) is 30.3 Å². The maximum Gasteiger partial charge on any atom is 0.275 e. The van der Waals surface area contributed by atoms with Gasteiger partial charge in [-0.15, -0.1) is 5.10 Å². The van der Waals surface area contributed by atoms with Crippen molar-refractivity contribution < 1.29 is 14.0 Å². The van der Waals surface area contributed by atoms with Gasteiger partial charge in [-0.3, -0.25) is 9.59 Å². The molecule has 0 saturated carbocycles. The van der Waals surface area contributed by atoms with Crippen LogP contribution in [0.25, 0.3) is 10.9 Å². The highest BCUT2D eigenvalue weighted by molar-refractivity contribution is 5.95. The molecule has 0 aliphatic carbocycles. The smallest absolute Gasteiger partial charge is 0.275 e. The van der Waals surface area contributed by atoms with Crippen molar-refractivity contribution in [2.24, 2.45) is 0 Å². The molecular formula is C20H21FN6O2. The molecule has 2 amide bonds. The van der Waals surface area contributed by atoms with Gasteiger partial charge in [0.2, 0.25) is 0 Å². The fourth-order valence-corrected chi connectivity index (χ4v) is 3.54. The van der Waals surface area contributed by atoms with Crippen molar-refractivity contribution in [1.29, 1.82) is 0 Å². The number of hydrogen-bond acceptors (Lipinski definition) is 5. The number of alkyl halides is 1. The molecule has 0 N–H and O–H groups in total. The summed E-state index contributed by atoms with van der Waals surface area (Å²) in [4.78, 5) is 32.4. The van der Waals surface area contributed by atoms with Crippen molar-refractivity contribution in [2.45, 2.75) is 25.2 Å². The lowest BCUT2D eigenvalue weighted by atomic mass is 10.2. The summed E-state index contributed by atoms with van der Waals surface area (Å²) < 4.78 is 15.7. The van der Waals surface area contributed by atoms with E-state index < -0.39 is 12.2 Å². The number of carbonyl (C=O) groups excluding carboxylic acids is 2. The Morgan fingerprint density at radius 3 is 2.76 bits per heavy atom. The van der Waals surface area contributed by atoms with E-state index in [9.17, 15) is 14.0 Å². The van der Waals surface area contributed by atoms with Gasteiger partial charge in [0.15, 0.2) is 5.69 Å². The summed E-state index contributed by atoms with van der Waals surface area (Å²) in [6, 6.07) is 10.6. The number of likely N-dealkylation sites (tertiary alicyclic amines) is 1. The average molecular weight is 396 g/mol. The van der Waals surface area contributed by atoms with E-state index in [-0.39, 0.29) is 42.7 Å². The maximum absolute atomic E-state index is 14.2. The van der Waals surface area contributed by atoms with Crippen LogP contribution in [0.5, 0.6) is 0 Å². The fourth-order valence-electron chi connectivity index (χ4n) is 3.54. The number of halogens is 1. The predicted octanol–water partition coefficient (Wildman–Crippen LogP) is 1.78. The normalized spacial score (nSPS) is 18.9. The van der Waals surface area contributed by atoms with Crippen LogP contribution in [-0.2, 0) is 6.54 Å². The van der Waals surface area contributed by atoms with Crippen LogP contribution in [0.1, 0.15) is 27.4 Å². The van der Waals surface area contributed by atoms with E-state index in [1.54, 1.807) is 20.2 Å². The van der Waals surface area contributed by atoms with Crippen molar-refractivity contribution in [3.8, 4) is 0 Å². The van der Waals surface area contributed by atoms with E-state index in [0.29, 0.717) is 5.52 Å². The van der Waals surface area contributed by atoms with E-state index in [1.165, 1.54) is 20.7 Å². The average Bonchev–Trinajstić information content (AvgIpc) is 3.33. The zero-order valence-corrected chi connectivity index (χ0v) is 16.2. The number of rotatable bonds is 4. The number of pyridine rings is 1. The number of carbonyl (C=O) groups is 2. The van der Waals surface area contributed by atoms with Crippen LogP contribution in [0.4, 0.5) is 4.39 Å². The summed E-state index contributed by atoms with van der Waals surface area (Å²) >= 11 is 0. The molecule has 4 rings (SSSR count). The van der Waals surface area contributed by atoms with Crippen LogP contribution in [-0.4, -0.2) is 74.4 Å². The molecule has 3 heterocycles. The van der Waals surface area contributed by atoms with Crippen molar-refractivity contribution in [1.82, 2.24) is 29.8 Å². The molecule has 0 unspecified atom stereocenters. The molecule has 150 valence electrons. The van der Waals surface area contributed by atoms with Crippen LogP contribution in [0.15, 0.2) is 42.6 Å². The minimum absolute atomic E-state index is 0.0101. The van der Waals surface area contributed by atoms with Gasteiger partial charge < -0.3 is 9.80 Å². The largest absolute Gasteiger partial charge is 0.343 e. The first-order chi connectivity index (χ1) is 13.9. The van der Waals surface area contributed by atoms with Crippen molar-refractivity contribution >= 4 is 22.7 Å². The molecule has 9 heteroatoms. The van der Waals surface area contributed by atoms with Gasteiger partial charge in [0.1, 0.15) is 11.9 Å². The number of nitrogens with zero attached hydrogens (tertiary/aromatic N) is 6. The van der Waals surface area contributed by atoms with Gasteiger partial charge in [-0.25, -0.2) is 14.1 Å². The quantitative estimate of drug-likeness (QED) is 0.671. The summed E-state index contributed by atoms with van der Waals surface area (Å²) in [5, 5.41) is 8.77. The molecule has 1 saturated heterocycles. The van der Waals surface area contributed by atoms with Gasteiger partial charge in [0, 0.05) is 25.9 Å². The Balaban J connectivity index is 1.54. The first kappa shape index (κ1) is 19.0. The molecule has 0 bridgehead atoms. The monoisotopic (exact) mass is 396 g/mol. The summed E-state index contributed by atoms with van der Waals surface area (Å²) in [7, 11) is 3.26. The van der Waals surface area contributed by atoms with Crippen LogP contribution in [0.2, 0.25) is 0 Å². The van der Waals surface area contributed by atoms with Crippen LogP contribution < -0.4 is 0 Å². The second-order valence-corrected chi connectivity index (χ2v) is 7.36. The fraction of sp³-hybridized carbons (Fsp3) is 0.350. The van der Waals surface area contributed by atoms with Crippen molar-refractivity contribution in [3.63, 3.8) is 0 Å². The van der Waals surface area contributed by atoms with E-state index in [4.69, 9.17) is 0 Å². The second kappa shape index (κ2) is 7.57. The Bertz CT molecular complexity index is 1070. The Labute approximate surface area is 166 Å². The first-order valence-corrected chi connectivity index (χ1v) is 9.35. The zero-order chi connectivity index (χ0) is 20.5. The molecule has 1 aliphatic heterocycles. The van der Waals surface area contributed by atoms with Crippen LogP contribution in [0.3, 0.4) is 0 Å². The van der Waals surface area contributed by atoms with Crippen molar-refractivity contribution in [2.75, 3.05) is 20.6 Å². The number of aromatic nitrogens is 4. The molecule has 1 aromatic carbocycles. The highest BCUT2D eigenvalue weighted by Crippen LogP contribution is 2.24. The topological polar surface area (TPSA) is 84.2 Å². The minimum Gasteiger partial charge on any atom is -0.343 e. The Morgan fingerprint density at radius 2 is 1.97 bits per heavy atom. The first-order valence-electron chi connectivity index (χ1n) is 9.35. The Hall–Kier alpha value is -3.36. The number of fused-ring (bicyclic) bond motifs is 1. The highest BCUT2D eigenvalue weighted by Gasteiger charge is 2.36. The zero-order valence-electron chi connectivity index (χ0n) is 16.2. The number of benzene rings is 1. The molecule has 3 aromatic rings. The lowest BCUT2D eigenvalue weighted by Gasteiger charge is -2.23. The molecular weight excluding hydrogens is 375 g/mol. The van der Waals surface area contributed by atoms with E-state index in [0.717, 1.165) is 5.39 Å². The van der Waals surface area contributed by atoms with Gasteiger partial charge in [-0.05, 0) is 12.1 Å². The van der Waals surface area contributed by atoms with Crippen molar-refractivity contribution in [3.05, 3.63) is 54.0 Å². The van der Waals surface area contributed by atoms with Gasteiger partial charge in [0.05, 0.1) is 30.8 Å². The van der Waals surface area contributed by atoms with E-state index in [2.05, 4.69) is 15.3 Å². The molecule has 1 aliphatic rings. The minimum atomic E-state index is -1.11. The standard InChI is InChI=1S/C20H21FN6O2/c1-25(2)19(28)18-12-26(24-23-18)11-15-9-14(21)10-27(15)20(29)17-8-7-13-5-3-4-6-16(13)22-17/h3-8,12,14-15H,9-11H2,1-2H3/t14-,15-/m0/s1. The number of hydrogen-bond donors (Lipinski definition) is 0. The third-order valence-electron chi connectivity index (χ3n) is 5.00. The molecule has 8 nitrogen and oxygen atoms in total. The van der Waals surface area contributed by atoms with Gasteiger partial charge >= 0.3 is 0 Å². The Kier molecular flexibility index (Phi) is 4.96. The molecule has 0 spiro atoms. The van der Waals surface area contributed by atoms with Crippen LogP contribution in [0, 0.1) is 0 Å². The van der Waals surface area contributed by atoms with Crippen LogP contribution >= 0.6 is 0 Å². The predicted molar refractivity (Wildman–Crippen MR) is 104 cm³/mol.